The third kappa shape index (κ3) is 3.48. The van der Waals surface area contributed by atoms with Gasteiger partial charge in [0, 0.05) is 28.4 Å². The summed E-state index contributed by atoms with van der Waals surface area (Å²) in [6, 6.07) is 8.07. The van der Waals surface area contributed by atoms with Crippen LogP contribution in [-0.4, -0.2) is 21.9 Å². The van der Waals surface area contributed by atoms with Gasteiger partial charge in [0.25, 0.3) is 0 Å². The number of fused-ring (bicyclic) bond motifs is 1. The van der Waals surface area contributed by atoms with Gasteiger partial charge in [-0.25, -0.2) is 4.98 Å². The van der Waals surface area contributed by atoms with Crippen molar-refractivity contribution in [2.45, 2.75) is 26.3 Å². The van der Waals surface area contributed by atoms with E-state index in [9.17, 15) is 4.79 Å². The molecular formula is C21H20N2O2S. The maximum atomic E-state index is 12.9. The van der Waals surface area contributed by atoms with E-state index in [4.69, 9.17) is 4.74 Å². The van der Waals surface area contributed by atoms with Crippen molar-refractivity contribution in [3.8, 4) is 5.75 Å². The van der Waals surface area contributed by atoms with Crippen LogP contribution in [0.1, 0.15) is 32.8 Å². The Kier molecular flexibility index (Phi) is 4.71. The second-order valence-corrected chi connectivity index (χ2v) is 7.42. The number of ether oxygens (including phenoxy) is 1. The number of rotatable bonds is 5. The monoisotopic (exact) mass is 364 g/mol. The summed E-state index contributed by atoms with van der Waals surface area (Å²) in [5.41, 5.74) is 3.80. The van der Waals surface area contributed by atoms with E-state index in [0.717, 1.165) is 52.3 Å². The molecule has 0 atom stereocenters. The minimum absolute atomic E-state index is 0.146. The Hall–Kier alpha value is -2.66. The second kappa shape index (κ2) is 7.30. The largest absolute Gasteiger partial charge is 0.491 e. The van der Waals surface area contributed by atoms with Gasteiger partial charge in [0.2, 0.25) is 0 Å². The summed E-state index contributed by atoms with van der Waals surface area (Å²) in [6.45, 7) is 3.33. The summed E-state index contributed by atoms with van der Waals surface area (Å²) in [7, 11) is 0. The third-order valence-corrected chi connectivity index (χ3v) is 5.45. The third-order valence-electron chi connectivity index (χ3n) is 4.63. The van der Waals surface area contributed by atoms with Crippen molar-refractivity contribution >= 4 is 23.2 Å². The summed E-state index contributed by atoms with van der Waals surface area (Å²) < 4.78 is 7.94. The number of imidazole rings is 1. The molecule has 0 N–H and O–H groups in total. The Balaban J connectivity index is 1.51. The number of allylic oxidation sites excluding steroid dienone is 1. The van der Waals surface area contributed by atoms with Crippen LogP contribution >= 0.6 is 11.3 Å². The predicted molar refractivity (Wildman–Crippen MR) is 104 cm³/mol. The van der Waals surface area contributed by atoms with Crippen LogP contribution in [0, 0.1) is 6.92 Å². The molecule has 132 valence electrons. The number of aryl methyl sites for hydroxylation is 2. The first-order chi connectivity index (χ1) is 12.7. The smallest absolute Gasteiger partial charge is 0.189 e. The molecular weight excluding hydrogens is 344 g/mol. The molecule has 0 spiro atoms. The number of hydrogen-bond donors (Lipinski definition) is 0. The van der Waals surface area contributed by atoms with Crippen LogP contribution in [0.4, 0.5) is 0 Å². The zero-order chi connectivity index (χ0) is 17.9. The number of aromatic nitrogens is 2. The second-order valence-electron chi connectivity index (χ2n) is 6.44. The Labute approximate surface area is 156 Å². The molecule has 2 heterocycles. The van der Waals surface area contributed by atoms with Crippen LogP contribution in [-0.2, 0) is 13.0 Å². The van der Waals surface area contributed by atoms with Gasteiger partial charge in [0.1, 0.15) is 12.4 Å². The first-order valence-electron chi connectivity index (χ1n) is 8.71. The Morgan fingerprint density at radius 1 is 1.35 bits per heavy atom. The van der Waals surface area contributed by atoms with Gasteiger partial charge in [-0.3, -0.25) is 4.79 Å². The summed E-state index contributed by atoms with van der Waals surface area (Å²) >= 11 is 1.66. The molecule has 0 saturated heterocycles. The van der Waals surface area contributed by atoms with Crippen LogP contribution in [0.15, 0.2) is 53.9 Å². The number of nitrogens with zero attached hydrogens (tertiary/aromatic N) is 2. The quantitative estimate of drug-likeness (QED) is 0.624. The molecule has 4 nitrogen and oxygen atoms in total. The Morgan fingerprint density at radius 2 is 2.27 bits per heavy atom. The minimum atomic E-state index is 0.146. The number of ketones is 1. The van der Waals surface area contributed by atoms with Crippen LogP contribution < -0.4 is 4.74 Å². The number of Topliss-reactive ketones (excluding diaryl/α,β-unsaturated/α-hetero) is 1. The number of carbonyl (C=O) groups is 1. The van der Waals surface area contributed by atoms with Gasteiger partial charge < -0.3 is 9.30 Å². The van der Waals surface area contributed by atoms with Crippen molar-refractivity contribution in [1.29, 1.82) is 0 Å². The molecule has 4 rings (SSSR count). The lowest BCUT2D eigenvalue weighted by Gasteiger charge is -2.20. The number of carbonyl (C=O) groups excluding carboxylic acids is 1. The molecule has 5 heteroatoms. The van der Waals surface area contributed by atoms with Crippen molar-refractivity contribution in [2.24, 2.45) is 0 Å². The fourth-order valence-electron chi connectivity index (χ4n) is 3.22. The molecule has 0 fully saturated rings. The molecule has 2 aromatic heterocycles. The molecule has 1 aliphatic carbocycles. The van der Waals surface area contributed by atoms with Gasteiger partial charge in [0.05, 0.1) is 12.9 Å². The number of hydrogen-bond acceptors (Lipinski definition) is 4. The van der Waals surface area contributed by atoms with Crippen molar-refractivity contribution < 1.29 is 9.53 Å². The maximum Gasteiger partial charge on any atom is 0.189 e. The fourth-order valence-corrected chi connectivity index (χ4v) is 3.90. The first kappa shape index (κ1) is 16.8. The summed E-state index contributed by atoms with van der Waals surface area (Å²) in [5.74, 6) is 1.01. The topological polar surface area (TPSA) is 44.1 Å². The van der Waals surface area contributed by atoms with E-state index in [-0.39, 0.29) is 5.78 Å². The van der Waals surface area contributed by atoms with Crippen molar-refractivity contribution in [2.75, 3.05) is 6.61 Å². The van der Waals surface area contributed by atoms with E-state index in [1.165, 1.54) is 0 Å². The lowest BCUT2D eigenvalue weighted by atomic mass is 9.85. The normalized spacial score (nSPS) is 15.3. The van der Waals surface area contributed by atoms with Gasteiger partial charge >= 0.3 is 0 Å². The van der Waals surface area contributed by atoms with Crippen LogP contribution in [0.25, 0.3) is 6.08 Å². The first-order valence-corrected chi connectivity index (χ1v) is 9.59. The molecule has 0 unspecified atom stereocenters. The molecule has 0 saturated carbocycles. The van der Waals surface area contributed by atoms with Gasteiger partial charge in [0.15, 0.2) is 5.78 Å². The molecule has 0 bridgehead atoms. The standard InChI is InChI=1S/C21H20N2O2S/c1-15-11-19-16(13-20(15)25-9-8-23-7-6-22-14-23)4-5-17(21(19)24)12-18-3-2-10-26-18/h2-3,6-7,10-14H,4-5,8-9H2,1H3. The van der Waals surface area contributed by atoms with E-state index in [1.54, 1.807) is 23.9 Å². The van der Waals surface area contributed by atoms with Crippen molar-refractivity contribution in [1.82, 2.24) is 9.55 Å². The van der Waals surface area contributed by atoms with E-state index in [0.29, 0.717) is 6.61 Å². The maximum absolute atomic E-state index is 12.9. The predicted octanol–water partition coefficient (Wildman–Crippen LogP) is 4.54. The lowest BCUT2D eigenvalue weighted by Crippen LogP contribution is -2.15. The van der Waals surface area contributed by atoms with E-state index in [2.05, 4.69) is 4.98 Å². The Bertz CT molecular complexity index is 941. The van der Waals surface area contributed by atoms with Gasteiger partial charge in [-0.05, 0) is 60.5 Å². The summed E-state index contributed by atoms with van der Waals surface area (Å²) in [6.07, 6.45) is 9.14. The highest BCUT2D eigenvalue weighted by atomic mass is 32.1. The average Bonchev–Trinajstić information content (AvgIpc) is 3.32. The molecule has 1 aliphatic rings. The molecule has 26 heavy (non-hydrogen) atoms. The zero-order valence-electron chi connectivity index (χ0n) is 14.6. The van der Waals surface area contributed by atoms with Gasteiger partial charge in [-0.1, -0.05) is 6.07 Å². The molecule has 0 aliphatic heterocycles. The molecule has 0 radical (unpaired) electrons. The summed E-state index contributed by atoms with van der Waals surface area (Å²) in [5, 5.41) is 2.03. The molecule has 3 aromatic rings. The van der Waals surface area contributed by atoms with Crippen LogP contribution in [0.2, 0.25) is 0 Å². The highest BCUT2D eigenvalue weighted by molar-refractivity contribution is 7.10. The Morgan fingerprint density at radius 3 is 3.04 bits per heavy atom. The van der Waals surface area contributed by atoms with Crippen molar-refractivity contribution in [3.05, 3.63) is 75.5 Å². The van der Waals surface area contributed by atoms with Crippen molar-refractivity contribution in [3.63, 3.8) is 0 Å². The van der Waals surface area contributed by atoms with E-state index < -0.39 is 0 Å². The van der Waals surface area contributed by atoms with Crippen LogP contribution in [0.5, 0.6) is 5.75 Å². The molecule has 1 aromatic carbocycles. The number of thiophene rings is 1. The number of benzene rings is 1. The fraction of sp³-hybridized carbons (Fsp3) is 0.238. The van der Waals surface area contributed by atoms with E-state index in [1.807, 2.05) is 53.4 Å². The van der Waals surface area contributed by atoms with Gasteiger partial charge in [-0.2, -0.15) is 0 Å². The zero-order valence-corrected chi connectivity index (χ0v) is 15.5. The van der Waals surface area contributed by atoms with E-state index >= 15 is 0 Å². The van der Waals surface area contributed by atoms with Crippen LogP contribution in [0.3, 0.4) is 0 Å². The summed E-state index contributed by atoms with van der Waals surface area (Å²) in [4.78, 5) is 18.0. The average molecular weight is 364 g/mol. The minimum Gasteiger partial charge on any atom is -0.491 e. The van der Waals surface area contributed by atoms with Gasteiger partial charge in [-0.15, -0.1) is 11.3 Å². The lowest BCUT2D eigenvalue weighted by molar-refractivity contribution is 0.102. The molecule has 0 amide bonds. The SMILES string of the molecule is Cc1cc2c(cc1OCCn1ccnc1)CCC(=Cc1cccs1)C2=O. The highest BCUT2D eigenvalue weighted by Gasteiger charge is 2.23. The highest BCUT2D eigenvalue weighted by Crippen LogP contribution is 2.32.